The van der Waals surface area contributed by atoms with Gasteiger partial charge in [0.25, 0.3) is 0 Å². The molecule has 9 heteroatoms. The molecule has 0 atom stereocenters. The van der Waals surface area contributed by atoms with Gasteiger partial charge in [0.1, 0.15) is 29.7 Å². The number of anilines is 1. The zero-order valence-electron chi connectivity index (χ0n) is 10.5. The van der Waals surface area contributed by atoms with Crippen molar-refractivity contribution in [1.29, 1.82) is 15.8 Å². The normalized spacial score (nSPS) is 9.90. The van der Waals surface area contributed by atoms with Gasteiger partial charge < -0.3 is 5.32 Å². The summed E-state index contributed by atoms with van der Waals surface area (Å²) in [6, 6.07) is 6.44. The molecule has 1 aromatic rings. The number of hydrogen-bond acceptors (Lipinski definition) is 6. The lowest BCUT2D eigenvalue weighted by molar-refractivity contribution is 0.596. The Labute approximate surface area is 128 Å². The summed E-state index contributed by atoms with van der Waals surface area (Å²) in [4.78, 5) is -0.256. The molecule has 0 radical (unpaired) electrons. The fourth-order valence-corrected chi connectivity index (χ4v) is 3.28. The van der Waals surface area contributed by atoms with E-state index in [1.807, 2.05) is 0 Å². The molecule has 0 spiro atoms. The molecule has 0 saturated heterocycles. The molecule has 0 aliphatic carbocycles. The van der Waals surface area contributed by atoms with Crippen molar-refractivity contribution in [2.45, 2.75) is 4.90 Å². The predicted molar refractivity (Wildman–Crippen MR) is 74.7 cm³/mol. The minimum Gasteiger partial charge on any atom is -0.343 e. The van der Waals surface area contributed by atoms with Crippen LogP contribution in [0.3, 0.4) is 0 Å². The molecular weight excluding hydrogens is 363 g/mol. The standard InChI is InChI=1S/C12H6BrFN4O2S/c1-21(19,20)12-3-9(14)10(2-8(12)13)18-11(6-17)7(4-15)5-16/h2-3,18H,1H3. The van der Waals surface area contributed by atoms with Crippen LogP contribution < -0.4 is 5.32 Å². The third kappa shape index (κ3) is 3.79. The second kappa shape index (κ2) is 6.36. The first-order chi connectivity index (χ1) is 9.74. The molecule has 0 saturated carbocycles. The Balaban J connectivity index is 3.41. The molecule has 0 heterocycles. The fourth-order valence-electron chi connectivity index (χ4n) is 1.33. The maximum Gasteiger partial charge on any atom is 0.176 e. The topological polar surface area (TPSA) is 118 Å². The van der Waals surface area contributed by atoms with Crippen molar-refractivity contribution in [2.24, 2.45) is 0 Å². The van der Waals surface area contributed by atoms with Crippen LogP contribution in [0, 0.1) is 39.8 Å². The predicted octanol–water partition coefficient (Wildman–Crippen LogP) is 2.23. The number of nitrogens with zero attached hydrogens (tertiary/aromatic N) is 3. The molecule has 0 aromatic heterocycles. The quantitative estimate of drug-likeness (QED) is 0.817. The molecule has 0 aliphatic heterocycles. The van der Waals surface area contributed by atoms with E-state index in [1.165, 1.54) is 12.1 Å². The number of hydrogen-bond donors (Lipinski definition) is 1. The van der Waals surface area contributed by atoms with Crippen LogP contribution >= 0.6 is 15.9 Å². The minimum atomic E-state index is -3.63. The van der Waals surface area contributed by atoms with Crippen LogP contribution in [0.2, 0.25) is 0 Å². The molecule has 0 aliphatic rings. The first-order valence-electron chi connectivity index (χ1n) is 5.15. The van der Waals surface area contributed by atoms with Crippen LogP contribution in [0.25, 0.3) is 0 Å². The van der Waals surface area contributed by atoms with Crippen LogP contribution in [-0.4, -0.2) is 14.7 Å². The molecular formula is C12H6BrFN4O2S. The third-order valence-electron chi connectivity index (χ3n) is 2.27. The van der Waals surface area contributed by atoms with Crippen molar-refractivity contribution in [2.75, 3.05) is 11.6 Å². The summed E-state index contributed by atoms with van der Waals surface area (Å²) in [6.07, 6.45) is 0.920. The van der Waals surface area contributed by atoms with Crippen LogP contribution in [0.5, 0.6) is 0 Å². The van der Waals surface area contributed by atoms with Crippen molar-refractivity contribution < 1.29 is 12.8 Å². The first-order valence-corrected chi connectivity index (χ1v) is 7.83. The Hall–Kier alpha value is -2.41. The zero-order chi connectivity index (χ0) is 16.2. The fraction of sp³-hybridized carbons (Fsp3) is 0.0833. The molecule has 21 heavy (non-hydrogen) atoms. The number of benzene rings is 1. The van der Waals surface area contributed by atoms with E-state index in [4.69, 9.17) is 15.8 Å². The van der Waals surface area contributed by atoms with E-state index < -0.39 is 26.9 Å². The smallest absolute Gasteiger partial charge is 0.176 e. The summed E-state index contributed by atoms with van der Waals surface area (Å²) in [5, 5.41) is 28.5. The van der Waals surface area contributed by atoms with Crippen LogP contribution in [0.4, 0.5) is 10.1 Å². The molecule has 0 amide bonds. The summed E-state index contributed by atoms with van der Waals surface area (Å²) in [6.45, 7) is 0. The zero-order valence-corrected chi connectivity index (χ0v) is 12.9. The van der Waals surface area contributed by atoms with Gasteiger partial charge in [-0.3, -0.25) is 0 Å². The van der Waals surface area contributed by atoms with Crippen molar-refractivity contribution in [3.63, 3.8) is 0 Å². The lowest BCUT2D eigenvalue weighted by Gasteiger charge is -2.09. The number of halogens is 2. The highest BCUT2D eigenvalue weighted by molar-refractivity contribution is 9.10. The van der Waals surface area contributed by atoms with Gasteiger partial charge in [-0.15, -0.1) is 0 Å². The van der Waals surface area contributed by atoms with Crippen LogP contribution in [0.15, 0.2) is 32.8 Å². The van der Waals surface area contributed by atoms with Gasteiger partial charge in [-0.05, 0) is 28.1 Å². The van der Waals surface area contributed by atoms with Gasteiger partial charge in [0.15, 0.2) is 15.4 Å². The lowest BCUT2D eigenvalue weighted by Crippen LogP contribution is -2.05. The molecule has 1 aromatic carbocycles. The van der Waals surface area contributed by atoms with E-state index in [2.05, 4.69) is 21.2 Å². The largest absolute Gasteiger partial charge is 0.343 e. The van der Waals surface area contributed by atoms with E-state index in [0.29, 0.717) is 0 Å². The van der Waals surface area contributed by atoms with Gasteiger partial charge >= 0.3 is 0 Å². The second-order valence-corrected chi connectivity index (χ2v) is 6.58. The number of sulfone groups is 1. The second-order valence-electron chi connectivity index (χ2n) is 3.75. The van der Waals surface area contributed by atoms with Crippen LogP contribution in [-0.2, 0) is 9.84 Å². The Morgan fingerprint density at radius 2 is 1.81 bits per heavy atom. The SMILES string of the molecule is CS(=O)(=O)c1cc(F)c(NC(C#N)=C(C#N)C#N)cc1Br. The first kappa shape index (κ1) is 16.6. The minimum absolute atomic E-state index is 0.0849. The van der Waals surface area contributed by atoms with Gasteiger partial charge in [-0.1, -0.05) is 0 Å². The summed E-state index contributed by atoms with van der Waals surface area (Å²) in [7, 11) is -3.63. The maximum absolute atomic E-state index is 13.9. The van der Waals surface area contributed by atoms with Gasteiger partial charge in [0, 0.05) is 10.7 Å². The van der Waals surface area contributed by atoms with Gasteiger partial charge in [-0.25, -0.2) is 12.8 Å². The Kier molecular flexibility index (Phi) is 5.04. The molecule has 106 valence electrons. The monoisotopic (exact) mass is 368 g/mol. The number of nitriles is 3. The van der Waals surface area contributed by atoms with Gasteiger partial charge in [0.05, 0.1) is 10.6 Å². The van der Waals surface area contributed by atoms with E-state index in [0.717, 1.165) is 18.4 Å². The average molecular weight is 369 g/mol. The molecule has 6 nitrogen and oxygen atoms in total. The van der Waals surface area contributed by atoms with E-state index in [9.17, 15) is 12.8 Å². The van der Waals surface area contributed by atoms with Crippen molar-refractivity contribution in [3.8, 4) is 18.2 Å². The molecule has 0 bridgehead atoms. The lowest BCUT2D eigenvalue weighted by atomic mass is 10.2. The Morgan fingerprint density at radius 3 is 2.24 bits per heavy atom. The maximum atomic E-state index is 13.9. The highest BCUT2D eigenvalue weighted by atomic mass is 79.9. The number of rotatable bonds is 3. The van der Waals surface area contributed by atoms with Crippen molar-refractivity contribution in [3.05, 3.63) is 33.7 Å². The molecule has 1 rings (SSSR count). The van der Waals surface area contributed by atoms with Gasteiger partial charge in [0.2, 0.25) is 0 Å². The van der Waals surface area contributed by atoms with Crippen molar-refractivity contribution >= 4 is 31.5 Å². The van der Waals surface area contributed by atoms with Crippen molar-refractivity contribution in [1.82, 2.24) is 0 Å². The summed E-state index contributed by atoms with van der Waals surface area (Å²) < 4.78 is 36.8. The Morgan fingerprint density at radius 1 is 1.24 bits per heavy atom. The summed E-state index contributed by atoms with van der Waals surface area (Å²) in [5.74, 6) is -0.943. The molecule has 0 unspecified atom stereocenters. The average Bonchev–Trinajstić information content (AvgIpc) is 2.40. The van der Waals surface area contributed by atoms with E-state index >= 15 is 0 Å². The third-order valence-corrected chi connectivity index (χ3v) is 4.32. The molecule has 1 N–H and O–H groups in total. The van der Waals surface area contributed by atoms with Gasteiger partial charge in [-0.2, -0.15) is 15.8 Å². The van der Waals surface area contributed by atoms with E-state index in [-0.39, 0.29) is 15.1 Å². The summed E-state index contributed by atoms with van der Waals surface area (Å²) in [5.41, 5.74) is -1.19. The highest BCUT2D eigenvalue weighted by Crippen LogP contribution is 2.29. The number of allylic oxidation sites excluding steroid dienone is 2. The highest BCUT2D eigenvalue weighted by Gasteiger charge is 2.17. The summed E-state index contributed by atoms with van der Waals surface area (Å²) >= 11 is 2.99. The Bertz CT molecular complexity index is 841. The van der Waals surface area contributed by atoms with E-state index in [1.54, 1.807) is 6.07 Å². The molecule has 0 fully saturated rings. The number of nitrogens with one attached hydrogen (secondary N) is 1. The van der Waals surface area contributed by atoms with Crippen LogP contribution in [0.1, 0.15) is 0 Å².